The molecule has 1 aliphatic heterocycles. The van der Waals surface area contributed by atoms with E-state index in [0.717, 1.165) is 23.7 Å². The summed E-state index contributed by atoms with van der Waals surface area (Å²) in [6.07, 6.45) is 6.99. The molecular weight excluding hydrogens is 240 g/mol. The molecule has 4 rings (SSSR count). The first-order chi connectivity index (χ1) is 9.22. The fourth-order valence-electron chi connectivity index (χ4n) is 5.43. The summed E-state index contributed by atoms with van der Waals surface area (Å²) < 4.78 is 0. The number of β-amino-alcohol motifs (C(OH)–C–C–N with tert-alkyl or cyclic N) is 1. The smallest absolute Gasteiger partial charge is 0.237 e. The summed E-state index contributed by atoms with van der Waals surface area (Å²) in [5, 5.41) is 15.9. The van der Waals surface area contributed by atoms with E-state index in [4.69, 9.17) is 0 Å². The summed E-state index contributed by atoms with van der Waals surface area (Å²) in [6, 6.07) is 0.241. The number of nitrogens with one attached hydrogen (secondary N) is 2. The highest BCUT2D eigenvalue weighted by Crippen LogP contribution is 2.58. The summed E-state index contributed by atoms with van der Waals surface area (Å²) in [4.78, 5) is 12.2. The Morgan fingerprint density at radius 2 is 1.95 bits per heavy atom. The normalized spacial score (nSPS) is 51.5. The molecule has 4 aliphatic rings. The monoisotopic (exact) mass is 264 g/mol. The topological polar surface area (TPSA) is 61.4 Å². The van der Waals surface area contributed by atoms with Gasteiger partial charge in [-0.2, -0.15) is 0 Å². The minimum absolute atomic E-state index is 0.114. The van der Waals surface area contributed by atoms with Gasteiger partial charge >= 0.3 is 0 Å². The van der Waals surface area contributed by atoms with Crippen LogP contribution >= 0.6 is 0 Å². The van der Waals surface area contributed by atoms with Crippen molar-refractivity contribution in [2.45, 2.75) is 56.7 Å². The van der Waals surface area contributed by atoms with Crippen LogP contribution in [0.3, 0.4) is 0 Å². The van der Waals surface area contributed by atoms with Crippen LogP contribution in [0.25, 0.3) is 0 Å². The van der Waals surface area contributed by atoms with E-state index < -0.39 is 0 Å². The molecule has 3 N–H and O–H groups in total. The molecular formula is C15H24N2O2. The maximum absolute atomic E-state index is 12.2. The van der Waals surface area contributed by atoms with Gasteiger partial charge in [0.2, 0.25) is 5.91 Å². The average molecular weight is 264 g/mol. The molecule has 4 nitrogen and oxygen atoms in total. The van der Waals surface area contributed by atoms with Crippen LogP contribution in [0, 0.1) is 23.7 Å². The largest absolute Gasteiger partial charge is 0.392 e. The summed E-state index contributed by atoms with van der Waals surface area (Å²) in [6.45, 7) is 0.555. The molecule has 0 spiro atoms. The Kier molecular flexibility index (Phi) is 2.85. The molecule has 4 heteroatoms. The highest BCUT2D eigenvalue weighted by molar-refractivity contribution is 5.82. The van der Waals surface area contributed by atoms with Crippen molar-refractivity contribution in [2.75, 3.05) is 6.54 Å². The second kappa shape index (κ2) is 4.45. The predicted molar refractivity (Wildman–Crippen MR) is 71.4 cm³/mol. The first-order valence-electron chi connectivity index (χ1n) is 7.94. The van der Waals surface area contributed by atoms with E-state index in [1.807, 2.05) is 0 Å². The van der Waals surface area contributed by atoms with E-state index in [1.54, 1.807) is 0 Å². The van der Waals surface area contributed by atoms with E-state index in [2.05, 4.69) is 10.6 Å². The standard InChI is InChI=1S/C15H24N2O2/c18-9-6-14(16-7-9)15(19)17-13-5-8-4-12(13)11-3-1-2-10(8)11/h8-14,16,18H,1-7H2,(H,17,19). The number of rotatable bonds is 2. The van der Waals surface area contributed by atoms with Crippen molar-refractivity contribution >= 4 is 5.91 Å². The first-order valence-corrected chi connectivity index (χ1v) is 7.94. The summed E-state index contributed by atoms with van der Waals surface area (Å²) in [7, 11) is 0. The Balaban J connectivity index is 1.38. The lowest BCUT2D eigenvalue weighted by Gasteiger charge is -2.32. The van der Waals surface area contributed by atoms with Gasteiger partial charge in [0.1, 0.15) is 0 Å². The van der Waals surface area contributed by atoms with Crippen LogP contribution in [0.2, 0.25) is 0 Å². The molecule has 1 amide bonds. The number of amides is 1. The number of carbonyl (C=O) groups excluding carboxylic acids is 1. The van der Waals surface area contributed by atoms with Crippen molar-refractivity contribution in [1.29, 1.82) is 0 Å². The molecule has 19 heavy (non-hydrogen) atoms. The van der Waals surface area contributed by atoms with Crippen molar-refractivity contribution in [3.05, 3.63) is 0 Å². The van der Waals surface area contributed by atoms with Crippen LogP contribution in [0.1, 0.15) is 38.5 Å². The summed E-state index contributed by atoms with van der Waals surface area (Å²) >= 11 is 0. The molecule has 4 fully saturated rings. The van der Waals surface area contributed by atoms with Gasteiger partial charge in [-0.25, -0.2) is 0 Å². The molecule has 7 unspecified atom stereocenters. The third-order valence-corrected chi connectivity index (χ3v) is 6.18. The second-order valence-electron chi connectivity index (χ2n) is 7.12. The zero-order valence-corrected chi connectivity index (χ0v) is 11.3. The van der Waals surface area contributed by atoms with Crippen LogP contribution in [0.5, 0.6) is 0 Å². The van der Waals surface area contributed by atoms with E-state index in [1.165, 1.54) is 32.1 Å². The van der Waals surface area contributed by atoms with E-state index >= 15 is 0 Å². The number of fused-ring (bicyclic) bond motifs is 5. The van der Waals surface area contributed by atoms with Gasteiger partial charge in [0.05, 0.1) is 12.1 Å². The summed E-state index contributed by atoms with van der Waals surface area (Å²) in [5.41, 5.74) is 0. The fraction of sp³-hybridized carbons (Fsp3) is 0.933. The minimum atomic E-state index is -0.352. The molecule has 3 aliphatic carbocycles. The highest BCUT2D eigenvalue weighted by Gasteiger charge is 2.54. The van der Waals surface area contributed by atoms with Gasteiger partial charge < -0.3 is 15.7 Å². The number of hydrogen-bond acceptors (Lipinski definition) is 3. The molecule has 1 heterocycles. The Morgan fingerprint density at radius 3 is 2.74 bits per heavy atom. The van der Waals surface area contributed by atoms with E-state index in [-0.39, 0.29) is 18.1 Å². The lowest BCUT2D eigenvalue weighted by Crippen LogP contribution is -2.48. The zero-order valence-electron chi connectivity index (χ0n) is 11.3. The van der Waals surface area contributed by atoms with Gasteiger partial charge in [-0.15, -0.1) is 0 Å². The molecule has 1 saturated heterocycles. The summed E-state index contributed by atoms with van der Waals surface area (Å²) in [5.74, 6) is 3.61. The number of aliphatic hydroxyl groups excluding tert-OH is 1. The predicted octanol–water partition coefficient (Wildman–Crippen LogP) is 0.650. The molecule has 0 radical (unpaired) electrons. The quantitative estimate of drug-likeness (QED) is 0.686. The first kappa shape index (κ1) is 12.2. The van der Waals surface area contributed by atoms with Gasteiger partial charge in [0.15, 0.2) is 0 Å². The average Bonchev–Trinajstić information content (AvgIpc) is 3.08. The van der Waals surface area contributed by atoms with Gasteiger partial charge in [-0.05, 0) is 55.8 Å². The third-order valence-electron chi connectivity index (χ3n) is 6.18. The highest BCUT2D eigenvalue weighted by atomic mass is 16.3. The Labute approximate surface area is 114 Å². The van der Waals surface area contributed by atoms with Gasteiger partial charge in [0, 0.05) is 12.6 Å². The van der Waals surface area contributed by atoms with Crippen LogP contribution in [0.15, 0.2) is 0 Å². The van der Waals surface area contributed by atoms with E-state index in [9.17, 15) is 9.90 Å². The maximum atomic E-state index is 12.2. The number of aliphatic hydroxyl groups is 1. The minimum Gasteiger partial charge on any atom is -0.392 e. The number of carbonyl (C=O) groups is 1. The van der Waals surface area contributed by atoms with Gasteiger partial charge in [-0.1, -0.05) is 6.42 Å². The molecule has 0 aromatic heterocycles. The van der Waals surface area contributed by atoms with Crippen LogP contribution in [-0.2, 0) is 4.79 Å². The molecule has 0 aromatic carbocycles. The lowest BCUT2D eigenvalue weighted by atomic mass is 9.79. The Bertz CT molecular complexity index is 386. The van der Waals surface area contributed by atoms with Crippen molar-refractivity contribution < 1.29 is 9.90 Å². The molecule has 3 saturated carbocycles. The van der Waals surface area contributed by atoms with Crippen LogP contribution in [0.4, 0.5) is 0 Å². The van der Waals surface area contributed by atoms with Crippen LogP contribution in [-0.4, -0.2) is 35.7 Å². The molecule has 106 valence electrons. The lowest BCUT2D eigenvalue weighted by molar-refractivity contribution is -0.124. The Hall–Kier alpha value is -0.610. The third kappa shape index (κ3) is 1.91. The second-order valence-corrected chi connectivity index (χ2v) is 7.12. The SMILES string of the molecule is O=C(NC1CC2CC1C1CCCC21)C1CC(O)CN1. The van der Waals surface area contributed by atoms with Crippen molar-refractivity contribution in [3.8, 4) is 0 Å². The fourth-order valence-corrected chi connectivity index (χ4v) is 5.43. The molecule has 7 atom stereocenters. The zero-order chi connectivity index (χ0) is 13.0. The van der Waals surface area contributed by atoms with Gasteiger partial charge in [-0.3, -0.25) is 4.79 Å². The van der Waals surface area contributed by atoms with Crippen molar-refractivity contribution in [3.63, 3.8) is 0 Å². The molecule has 2 bridgehead atoms. The van der Waals surface area contributed by atoms with E-state index in [0.29, 0.717) is 19.0 Å². The van der Waals surface area contributed by atoms with Crippen molar-refractivity contribution in [1.82, 2.24) is 10.6 Å². The van der Waals surface area contributed by atoms with Gasteiger partial charge in [0.25, 0.3) is 0 Å². The number of hydrogen-bond donors (Lipinski definition) is 3. The Morgan fingerprint density at radius 1 is 1.11 bits per heavy atom. The van der Waals surface area contributed by atoms with Crippen molar-refractivity contribution in [2.24, 2.45) is 23.7 Å². The van der Waals surface area contributed by atoms with Crippen LogP contribution < -0.4 is 10.6 Å². The molecule has 0 aromatic rings. The maximum Gasteiger partial charge on any atom is 0.237 e.